The van der Waals surface area contributed by atoms with E-state index < -0.39 is 5.82 Å². The summed E-state index contributed by atoms with van der Waals surface area (Å²) >= 11 is 0. The number of carbonyl (C=O) groups excluding carboxylic acids is 1. The minimum Gasteiger partial charge on any atom is -0.484 e. The van der Waals surface area contributed by atoms with Crippen molar-refractivity contribution in [3.8, 4) is 11.8 Å². The van der Waals surface area contributed by atoms with Gasteiger partial charge in [0.15, 0.2) is 6.61 Å². The molecule has 1 aromatic carbocycles. The van der Waals surface area contributed by atoms with Gasteiger partial charge in [0.05, 0.1) is 5.56 Å². The highest BCUT2D eigenvalue weighted by Gasteiger charge is 2.04. The maximum atomic E-state index is 13.1. The zero-order chi connectivity index (χ0) is 11.3. The molecule has 0 aromatic heterocycles. The van der Waals surface area contributed by atoms with E-state index in [4.69, 9.17) is 10.00 Å². The molecule has 0 aliphatic heterocycles. The molecule has 1 rings (SSSR count). The Labute approximate surface area is 86.3 Å². The van der Waals surface area contributed by atoms with Crippen LogP contribution in [0.5, 0.6) is 5.75 Å². The summed E-state index contributed by atoms with van der Waals surface area (Å²) in [6.45, 7) is -0.179. The molecule has 0 saturated carbocycles. The molecule has 4 nitrogen and oxygen atoms in total. The fraction of sp³-hybridized carbons (Fsp3) is 0.200. The summed E-state index contributed by atoms with van der Waals surface area (Å²) < 4.78 is 18.0. The van der Waals surface area contributed by atoms with Crippen molar-refractivity contribution < 1.29 is 13.9 Å². The van der Waals surface area contributed by atoms with Crippen molar-refractivity contribution in [3.05, 3.63) is 29.6 Å². The third-order valence-corrected chi connectivity index (χ3v) is 1.71. The van der Waals surface area contributed by atoms with Crippen molar-refractivity contribution in [2.75, 3.05) is 13.7 Å². The second-order valence-corrected chi connectivity index (χ2v) is 2.72. The zero-order valence-corrected chi connectivity index (χ0v) is 8.08. The van der Waals surface area contributed by atoms with Gasteiger partial charge in [-0.25, -0.2) is 4.39 Å². The fourth-order valence-electron chi connectivity index (χ4n) is 0.897. The third-order valence-electron chi connectivity index (χ3n) is 1.71. The van der Waals surface area contributed by atoms with Crippen molar-refractivity contribution in [1.82, 2.24) is 5.32 Å². The summed E-state index contributed by atoms with van der Waals surface area (Å²) in [6, 6.07) is 5.49. The molecule has 0 bridgehead atoms. The normalized spacial score (nSPS) is 9.13. The minimum absolute atomic E-state index is 0.0534. The summed E-state index contributed by atoms with van der Waals surface area (Å²) in [6.07, 6.45) is 0. The van der Waals surface area contributed by atoms with Gasteiger partial charge in [-0.05, 0) is 12.1 Å². The van der Waals surface area contributed by atoms with Crippen molar-refractivity contribution in [2.45, 2.75) is 0 Å². The zero-order valence-electron chi connectivity index (χ0n) is 8.08. The predicted molar refractivity (Wildman–Crippen MR) is 50.7 cm³/mol. The first kappa shape index (κ1) is 11.0. The van der Waals surface area contributed by atoms with Gasteiger partial charge in [-0.1, -0.05) is 0 Å². The van der Waals surface area contributed by atoms with E-state index >= 15 is 0 Å². The van der Waals surface area contributed by atoms with Gasteiger partial charge in [-0.3, -0.25) is 4.79 Å². The first-order valence-electron chi connectivity index (χ1n) is 4.20. The highest BCUT2D eigenvalue weighted by molar-refractivity contribution is 5.77. The molecule has 0 fully saturated rings. The number of likely N-dealkylation sites (N-methyl/N-ethyl adjacent to an activating group) is 1. The van der Waals surface area contributed by atoms with Gasteiger partial charge in [0.2, 0.25) is 0 Å². The summed E-state index contributed by atoms with van der Waals surface area (Å²) in [5.74, 6) is -0.748. The van der Waals surface area contributed by atoms with Crippen LogP contribution in [0.4, 0.5) is 4.39 Å². The minimum atomic E-state index is -0.660. The molecule has 0 radical (unpaired) electrons. The monoisotopic (exact) mass is 208 g/mol. The Bertz CT molecular complexity index is 412. The quantitative estimate of drug-likeness (QED) is 0.799. The Morgan fingerprint density at radius 1 is 1.67 bits per heavy atom. The Morgan fingerprint density at radius 2 is 2.40 bits per heavy atom. The van der Waals surface area contributed by atoms with Crippen molar-refractivity contribution >= 4 is 5.91 Å². The molecular weight excluding hydrogens is 199 g/mol. The van der Waals surface area contributed by atoms with Crippen LogP contribution in [-0.4, -0.2) is 19.6 Å². The summed E-state index contributed by atoms with van der Waals surface area (Å²) in [5.41, 5.74) is -0.0534. The van der Waals surface area contributed by atoms with Crippen molar-refractivity contribution in [1.29, 1.82) is 5.26 Å². The highest BCUT2D eigenvalue weighted by Crippen LogP contribution is 2.15. The molecule has 1 amide bonds. The lowest BCUT2D eigenvalue weighted by Gasteiger charge is -2.05. The first-order valence-corrected chi connectivity index (χ1v) is 4.20. The number of halogens is 1. The number of ether oxygens (including phenoxy) is 1. The topological polar surface area (TPSA) is 62.1 Å². The van der Waals surface area contributed by atoms with Crippen LogP contribution in [0.2, 0.25) is 0 Å². The molecule has 0 saturated heterocycles. The molecule has 78 valence electrons. The molecule has 0 unspecified atom stereocenters. The SMILES string of the molecule is CNC(=O)COc1ccc(C#N)c(F)c1. The van der Waals surface area contributed by atoms with E-state index in [0.29, 0.717) is 0 Å². The number of benzene rings is 1. The number of carbonyl (C=O) groups is 1. The Morgan fingerprint density at radius 3 is 2.93 bits per heavy atom. The lowest BCUT2D eigenvalue weighted by atomic mass is 10.2. The lowest BCUT2D eigenvalue weighted by Crippen LogP contribution is -2.24. The Balaban J connectivity index is 2.68. The van der Waals surface area contributed by atoms with Crippen LogP contribution < -0.4 is 10.1 Å². The predicted octanol–water partition coefficient (Wildman–Crippen LogP) is 0.822. The van der Waals surface area contributed by atoms with Gasteiger partial charge in [-0.2, -0.15) is 5.26 Å². The van der Waals surface area contributed by atoms with E-state index in [9.17, 15) is 9.18 Å². The molecule has 0 spiro atoms. The van der Waals surface area contributed by atoms with E-state index in [1.54, 1.807) is 6.07 Å². The molecule has 1 N–H and O–H groups in total. The van der Waals surface area contributed by atoms with Crippen molar-refractivity contribution in [3.63, 3.8) is 0 Å². The maximum absolute atomic E-state index is 13.1. The second kappa shape index (κ2) is 4.96. The van der Waals surface area contributed by atoms with Crippen LogP contribution in [0.25, 0.3) is 0 Å². The van der Waals surface area contributed by atoms with Gasteiger partial charge >= 0.3 is 0 Å². The van der Waals surface area contributed by atoms with E-state index in [1.165, 1.54) is 19.2 Å². The van der Waals surface area contributed by atoms with Crippen molar-refractivity contribution in [2.24, 2.45) is 0 Å². The molecule has 0 aliphatic carbocycles. The summed E-state index contributed by atoms with van der Waals surface area (Å²) in [5, 5.41) is 10.8. The molecular formula is C10H9FN2O2. The highest BCUT2D eigenvalue weighted by atomic mass is 19.1. The van der Waals surface area contributed by atoms with Crippen LogP contribution >= 0.6 is 0 Å². The maximum Gasteiger partial charge on any atom is 0.257 e. The number of nitrogens with zero attached hydrogens (tertiary/aromatic N) is 1. The smallest absolute Gasteiger partial charge is 0.257 e. The number of nitrogens with one attached hydrogen (secondary N) is 1. The average molecular weight is 208 g/mol. The van der Waals surface area contributed by atoms with Gasteiger partial charge in [0.1, 0.15) is 17.6 Å². The first-order chi connectivity index (χ1) is 7.17. The number of rotatable bonds is 3. The van der Waals surface area contributed by atoms with Gasteiger partial charge in [0, 0.05) is 13.1 Å². The lowest BCUT2D eigenvalue weighted by molar-refractivity contribution is -0.122. The largest absolute Gasteiger partial charge is 0.484 e. The second-order valence-electron chi connectivity index (χ2n) is 2.72. The van der Waals surface area contributed by atoms with Gasteiger partial charge in [0.25, 0.3) is 5.91 Å². The Kier molecular flexibility index (Phi) is 3.63. The number of amides is 1. The molecule has 0 aliphatic rings. The van der Waals surface area contributed by atoms with E-state index in [2.05, 4.69) is 5.32 Å². The van der Waals surface area contributed by atoms with E-state index in [-0.39, 0.29) is 23.8 Å². The summed E-state index contributed by atoms with van der Waals surface area (Å²) in [4.78, 5) is 10.8. The molecule has 5 heteroatoms. The van der Waals surface area contributed by atoms with Crippen LogP contribution in [0, 0.1) is 17.1 Å². The molecule has 1 aromatic rings. The number of nitriles is 1. The summed E-state index contributed by atoms with van der Waals surface area (Å²) in [7, 11) is 1.48. The molecule has 15 heavy (non-hydrogen) atoms. The van der Waals surface area contributed by atoms with Crippen LogP contribution in [0.15, 0.2) is 18.2 Å². The van der Waals surface area contributed by atoms with Gasteiger partial charge in [-0.15, -0.1) is 0 Å². The van der Waals surface area contributed by atoms with Crippen LogP contribution in [0.1, 0.15) is 5.56 Å². The van der Waals surface area contributed by atoms with Crippen LogP contribution in [0.3, 0.4) is 0 Å². The number of hydrogen-bond acceptors (Lipinski definition) is 3. The van der Waals surface area contributed by atoms with E-state index in [0.717, 1.165) is 6.07 Å². The molecule has 0 atom stereocenters. The van der Waals surface area contributed by atoms with E-state index in [1.807, 2.05) is 0 Å². The Hall–Kier alpha value is -2.09. The standard InChI is InChI=1S/C10H9FN2O2/c1-13-10(14)6-15-8-3-2-7(5-12)9(11)4-8/h2-4H,6H2,1H3,(H,13,14). The molecule has 0 heterocycles. The third kappa shape index (κ3) is 2.95. The van der Waals surface area contributed by atoms with Crippen LogP contribution in [-0.2, 0) is 4.79 Å². The average Bonchev–Trinajstić information content (AvgIpc) is 2.26. The van der Waals surface area contributed by atoms with Gasteiger partial charge < -0.3 is 10.1 Å². The number of hydrogen-bond donors (Lipinski definition) is 1. The fourth-order valence-corrected chi connectivity index (χ4v) is 0.897.